The summed E-state index contributed by atoms with van der Waals surface area (Å²) >= 11 is 0. The van der Waals surface area contributed by atoms with Gasteiger partial charge in [-0.15, -0.1) is 0 Å². The predicted octanol–water partition coefficient (Wildman–Crippen LogP) is 4.07. The molecule has 2 aromatic heterocycles. The Balaban J connectivity index is 1.67. The third kappa shape index (κ3) is 5.27. The Morgan fingerprint density at radius 1 is 1.05 bits per heavy atom. The van der Waals surface area contributed by atoms with Crippen LogP contribution in [-0.2, 0) is 10.0 Å². The van der Waals surface area contributed by atoms with Crippen molar-refractivity contribution >= 4 is 20.9 Å². The van der Waals surface area contributed by atoms with Gasteiger partial charge in [0.25, 0.3) is 0 Å². The highest BCUT2D eigenvalue weighted by Crippen LogP contribution is 2.39. The smallest absolute Gasteiger partial charge is 0.240 e. The second kappa shape index (κ2) is 10.4. The number of fused-ring (bicyclic) bond motifs is 1. The molecular weight excluding hydrogens is 528 g/mol. The Kier molecular flexibility index (Phi) is 7.19. The number of benzene rings is 2. The lowest BCUT2D eigenvalue weighted by Crippen LogP contribution is -2.35. The molecule has 1 aliphatic heterocycles. The molecule has 0 aliphatic carbocycles. The molecule has 1 fully saturated rings. The van der Waals surface area contributed by atoms with Gasteiger partial charge in [-0.1, -0.05) is 0 Å². The van der Waals surface area contributed by atoms with Crippen molar-refractivity contribution in [3.05, 3.63) is 60.2 Å². The summed E-state index contributed by atoms with van der Waals surface area (Å²) in [5.74, 6) is -1.85. The molecule has 39 heavy (non-hydrogen) atoms. The topological polar surface area (TPSA) is 121 Å². The largest absolute Gasteiger partial charge is 0.488 e. The van der Waals surface area contributed by atoms with E-state index >= 15 is 4.39 Å². The lowest BCUT2D eigenvalue weighted by atomic mass is 9.98. The van der Waals surface area contributed by atoms with Crippen molar-refractivity contribution in [3.63, 3.8) is 0 Å². The van der Waals surface area contributed by atoms with Crippen molar-refractivity contribution in [3.8, 4) is 33.9 Å². The number of likely N-dealkylation sites (tertiary alicyclic amines) is 1. The summed E-state index contributed by atoms with van der Waals surface area (Å²) in [5, 5.41) is 5.90. The molecule has 5 rings (SSSR count). The maximum Gasteiger partial charge on any atom is 0.240 e. The zero-order chi connectivity index (χ0) is 27.9. The molecule has 3 heterocycles. The molecule has 4 aromatic rings. The molecule has 1 aliphatic rings. The van der Waals surface area contributed by atoms with E-state index in [1.807, 2.05) is 19.1 Å². The first-order chi connectivity index (χ1) is 18.6. The monoisotopic (exact) mass is 555 g/mol. The number of rotatable bonds is 6. The van der Waals surface area contributed by atoms with Crippen molar-refractivity contribution < 1.29 is 26.7 Å². The molecule has 204 valence electrons. The summed E-state index contributed by atoms with van der Waals surface area (Å²) in [4.78, 5) is 14.4. The minimum Gasteiger partial charge on any atom is -0.488 e. The number of piperidine rings is 1. The van der Waals surface area contributed by atoms with Gasteiger partial charge in [0.15, 0.2) is 5.82 Å². The third-order valence-electron chi connectivity index (χ3n) is 6.87. The fourth-order valence-corrected chi connectivity index (χ4v) is 5.36. The molecule has 12 heteroatoms. The molecule has 0 spiro atoms. The van der Waals surface area contributed by atoms with E-state index in [1.165, 1.54) is 25.7 Å². The van der Waals surface area contributed by atoms with E-state index < -0.39 is 32.1 Å². The predicted molar refractivity (Wildman–Crippen MR) is 142 cm³/mol. The Morgan fingerprint density at radius 2 is 1.79 bits per heavy atom. The normalized spacial score (nSPS) is 15.0. The van der Waals surface area contributed by atoms with Gasteiger partial charge in [-0.3, -0.25) is 0 Å². The van der Waals surface area contributed by atoms with E-state index in [2.05, 4.69) is 26.9 Å². The molecule has 9 nitrogen and oxygen atoms in total. The van der Waals surface area contributed by atoms with Gasteiger partial charge >= 0.3 is 0 Å². The van der Waals surface area contributed by atoms with Crippen LogP contribution in [0.5, 0.6) is 11.6 Å². The first-order valence-corrected chi connectivity index (χ1v) is 13.8. The second-order valence-corrected chi connectivity index (χ2v) is 11.0. The Morgan fingerprint density at radius 3 is 2.49 bits per heavy atom. The van der Waals surface area contributed by atoms with Gasteiger partial charge in [0.2, 0.25) is 15.9 Å². The molecule has 0 saturated carbocycles. The van der Waals surface area contributed by atoms with E-state index in [-0.39, 0.29) is 17.5 Å². The van der Waals surface area contributed by atoms with Crippen LogP contribution in [0, 0.1) is 18.6 Å². The molecule has 1 saturated heterocycles. The maximum atomic E-state index is 15.4. The number of methoxy groups -OCH3 is 1. The van der Waals surface area contributed by atoms with Crippen LogP contribution >= 0.6 is 0 Å². The van der Waals surface area contributed by atoms with Gasteiger partial charge in [-0.2, -0.15) is 0 Å². The molecule has 0 unspecified atom stereocenters. The Labute approximate surface area is 224 Å². The van der Waals surface area contributed by atoms with Crippen molar-refractivity contribution in [2.45, 2.75) is 30.8 Å². The highest BCUT2D eigenvalue weighted by atomic mass is 32.2. The van der Waals surface area contributed by atoms with Crippen LogP contribution in [0.4, 0.5) is 8.78 Å². The number of ether oxygens (including phenoxy) is 2. The van der Waals surface area contributed by atoms with E-state index in [9.17, 15) is 12.8 Å². The van der Waals surface area contributed by atoms with E-state index in [0.29, 0.717) is 22.4 Å². The number of primary sulfonamides is 1. The minimum atomic E-state index is -4.45. The Hall–Kier alpha value is -3.74. The highest BCUT2D eigenvalue weighted by Gasteiger charge is 2.25. The summed E-state index contributed by atoms with van der Waals surface area (Å²) in [5.41, 5.74) is 1.83. The van der Waals surface area contributed by atoms with Crippen molar-refractivity contribution in [2.75, 3.05) is 27.2 Å². The van der Waals surface area contributed by atoms with Crippen molar-refractivity contribution in [1.29, 1.82) is 0 Å². The minimum absolute atomic E-state index is 0.00335. The van der Waals surface area contributed by atoms with Crippen LogP contribution in [0.15, 0.2) is 47.8 Å². The van der Waals surface area contributed by atoms with Crippen LogP contribution < -0.4 is 14.6 Å². The van der Waals surface area contributed by atoms with Gasteiger partial charge in [-0.05, 0) is 62.7 Å². The fourth-order valence-electron chi connectivity index (χ4n) is 4.75. The third-order valence-corrected chi connectivity index (χ3v) is 7.80. The van der Waals surface area contributed by atoms with Crippen LogP contribution in [0.3, 0.4) is 0 Å². The van der Waals surface area contributed by atoms with Crippen LogP contribution in [0.25, 0.3) is 33.2 Å². The van der Waals surface area contributed by atoms with E-state index in [4.69, 9.17) is 14.6 Å². The molecule has 0 bridgehead atoms. The number of halogens is 2. The van der Waals surface area contributed by atoms with Crippen molar-refractivity contribution in [1.82, 2.24) is 19.9 Å². The Bertz CT molecular complexity index is 1680. The zero-order valence-electron chi connectivity index (χ0n) is 21.6. The van der Waals surface area contributed by atoms with Crippen LogP contribution in [0.1, 0.15) is 18.5 Å². The molecular formula is C27H27F2N5O4S. The first kappa shape index (κ1) is 26.9. The summed E-state index contributed by atoms with van der Waals surface area (Å²) in [6.07, 6.45) is 4.71. The average molecular weight is 556 g/mol. The van der Waals surface area contributed by atoms with Gasteiger partial charge in [-0.25, -0.2) is 37.3 Å². The fraction of sp³-hybridized carbons (Fsp3) is 0.296. The summed E-state index contributed by atoms with van der Waals surface area (Å²) in [6.45, 7) is 3.68. The number of aryl methyl sites for hydroxylation is 1. The number of hydrogen-bond acceptors (Lipinski definition) is 8. The average Bonchev–Trinajstić information content (AvgIpc) is 2.89. The SMILES string of the molecule is COc1ncc(-c2cc(OC3CCN(C)CC3)c3ncnc(C)c3c2)cc1-c1c(F)ccc(S(N)(=O)=O)c1F. The maximum absolute atomic E-state index is 15.4. The summed E-state index contributed by atoms with van der Waals surface area (Å²) in [6, 6.07) is 6.78. The standard InChI is InChI=1S/C27H27F2N5O4S/c1-15-19-10-16(12-22(26(19)33-14-32-15)38-18-6-8-34(2)9-7-18)17-11-20(27(37-3)31-13-17)24-21(28)4-5-23(25(24)29)39(30,35)36/h4-5,10-14,18H,6-9H2,1-3H3,(H2,30,35,36). The van der Waals surface area contributed by atoms with E-state index in [1.54, 1.807) is 0 Å². The van der Waals surface area contributed by atoms with Gasteiger partial charge in [0, 0.05) is 35.9 Å². The number of pyridine rings is 1. The zero-order valence-corrected chi connectivity index (χ0v) is 22.4. The summed E-state index contributed by atoms with van der Waals surface area (Å²) < 4.78 is 65.8. The van der Waals surface area contributed by atoms with Gasteiger partial charge in [0.1, 0.15) is 34.4 Å². The van der Waals surface area contributed by atoms with Crippen LogP contribution in [0.2, 0.25) is 0 Å². The number of aromatic nitrogens is 3. The number of hydrogen-bond donors (Lipinski definition) is 1. The lowest BCUT2D eigenvalue weighted by Gasteiger charge is -2.29. The number of nitrogens with zero attached hydrogens (tertiary/aromatic N) is 4. The number of sulfonamides is 1. The highest BCUT2D eigenvalue weighted by molar-refractivity contribution is 7.89. The van der Waals surface area contributed by atoms with Gasteiger partial charge in [0.05, 0.1) is 18.2 Å². The summed E-state index contributed by atoms with van der Waals surface area (Å²) in [7, 11) is -1.08. The molecule has 0 radical (unpaired) electrons. The molecule has 0 atom stereocenters. The lowest BCUT2D eigenvalue weighted by molar-refractivity contribution is 0.115. The van der Waals surface area contributed by atoms with E-state index in [0.717, 1.165) is 49.1 Å². The first-order valence-electron chi connectivity index (χ1n) is 12.2. The quantitative estimate of drug-likeness (QED) is 0.378. The van der Waals surface area contributed by atoms with Gasteiger partial charge < -0.3 is 14.4 Å². The second-order valence-electron chi connectivity index (χ2n) is 9.51. The molecule has 2 N–H and O–H groups in total. The number of nitrogens with two attached hydrogens (primary N) is 1. The van der Waals surface area contributed by atoms with Crippen molar-refractivity contribution in [2.24, 2.45) is 5.14 Å². The van der Waals surface area contributed by atoms with Crippen LogP contribution in [-0.4, -0.2) is 61.6 Å². The molecule has 2 aromatic carbocycles. The molecule has 0 amide bonds.